The molecule has 4 heteroatoms. The summed E-state index contributed by atoms with van der Waals surface area (Å²) in [6.07, 6.45) is 1.69. The maximum atomic E-state index is 12.1. The number of aryl methyl sites for hydroxylation is 1. The Morgan fingerprint density at radius 2 is 1.91 bits per heavy atom. The molecular weight excluding hydrogens is 280 g/mol. The van der Waals surface area contributed by atoms with Crippen molar-refractivity contribution in [3.63, 3.8) is 0 Å². The van der Waals surface area contributed by atoms with Crippen LogP contribution in [0.15, 0.2) is 57.9 Å². The van der Waals surface area contributed by atoms with Crippen LogP contribution in [0.1, 0.15) is 21.5 Å². The number of carbonyl (C=O) groups excluding carboxylic acids is 1. The minimum atomic E-state index is -0.325. The van der Waals surface area contributed by atoms with Gasteiger partial charge in [0.2, 0.25) is 5.43 Å². The van der Waals surface area contributed by atoms with Crippen LogP contribution in [-0.2, 0) is 6.61 Å². The van der Waals surface area contributed by atoms with Crippen molar-refractivity contribution in [3.05, 3.63) is 75.6 Å². The lowest BCUT2D eigenvalue weighted by molar-refractivity contribution is 0.112. The quantitative estimate of drug-likeness (QED) is 0.691. The Labute approximate surface area is 127 Å². The van der Waals surface area contributed by atoms with Gasteiger partial charge < -0.3 is 9.15 Å². The minimum Gasteiger partial charge on any atom is -0.488 e. The first kappa shape index (κ1) is 14.1. The van der Waals surface area contributed by atoms with Crippen molar-refractivity contribution in [2.24, 2.45) is 0 Å². The van der Waals surface area contributed by atoms with Crippen LogP contribution in [0.5, 0.6) is 5.75 Å². The largest absolute Gasteiger partial charge is 0.488 e. The SMILES string of the molecule is Cc1c(OCc2ccccc2)ccc2c(=O)c(C=O)coc12. The highest BCUT2D eigenvalue weighted by Gasteiger charge is 2.12. The number of carbonyl (C=O) groups is 1. The van der Waals surface area contributed by atoms with E-state index in [-0.39, 0.29) is 11.0 Å². The maximum absolute atomic E-state index is 12.1. The van der Waals surface area contributed by atoms with Crippen molar-refractivity contribution in [2.45, 2.75) is 13.5 Å². The van der Waals surface area contributed by atoms with Crippen LogP contribution in [0, 0.1) is 6.92 Å². The number of ether oxygens (including phenoxy) is 1. The molecule has 0 saturated carbocycles. The number of hydrogen-bond acceptors (Lipinski definition) is 4. The molecule has 0 aliphatic heterocycles. The number of hydrogen-bond donors (Lipinski definition) is 0. The lowest BCUT2D eigenvalue weighted by Gasteiger charge is -2.10. The van der Waals surface area contributed by atoms with E-state index < -0.39 is 0 Å². The van der Waals surface area contributed by atoms with E-state index in [1.54, 1.807) is 12.1 Å². The fourth-order valence-corrected chi connectivity index (χ4v) is 2.31. The summed E-state index contributed by atoms with van der Waals surface area (Å²) < 4.78 is 11.2. The van der Waals surface area contributed by atoms with Crippen LogP contribution in [0.2, 0.25) is 0 Å². The van der Waals surface area contributed by atoms with Crippen LogP contribution in [-0.4, -0.2) is 6.29 Å². The molecule has 0 unspecified atom stereocenters. The molecule has 110 valence electrons. The van der Waals surface area contributed by atoms with Gasteiger partial charge in [0.15, 0.2) is 6.29 Å². The average Bonchev–Trinajstić information content (AvgIpc) is 2.56. The van der Waals surface area contributed by atoms with Crippen molar-refractivity contribution < 1.29 is 13.9 Å². The van der Waals surface area contributed by atoms with Gasteiger partial charge in [0.25, 0.3) is 0 Å². The van der Waals surface area contributed by atoms with E-state index in [4.69, 9.17) is 9.15 Å². The monoisotopic (exact) mass is 294 g/mol. The number of aldehydes is 1. The standard InChI is InChI=1S/C18H14O4/c1-12-16(21-10-13-5-3-2-4-6-13)8-7-15-17(20)14(9-19)11-22-18(12)15/h2-9,11H,10H2,1H3. The Balaban J connectivity index is 1.97. The van der Waals surface area contributed by atoms with Gasteiger partial charge in [-0.1, -0.05) is 30.3 Å². The van der Waals surface area contributed by atoms with Gasteiger partial charge in [-0.15, -0.1) is 0 Å². The van der Waals surface area contributed by atoms with E-state index in [0.29, 0.717) is 29.6 Å². The van der Waals surface area contributed by atoms with E-state index in [1.165, 1.54) is 6.26 Å². The van der Waals surface area contributed by atoms with E-state index >= 15 is 0 Å². The molecule has 0 saturated heterocycles. The van der Waals surface area contributed by atoms with Gasteiger partial charge in [0.05, 0.1) is 10.9 Å². The van der Waals surface area contributed by atoms with Crippen LogP contribution in [0.3, 0.4) is 0 Å². The summed E-state index contributed by atoms with van der Waals surface area (Å²) in [4.78, 5) is 22.9. The van der Waals surface area contributed by atoms with Gasteiger partial charge in [-0.2, -0.15) is 0 Å². The predicted octanol–water partition coefficient (Wildman–Crippen LogP) is 3.49. The Morgan fingerprint density at radius 1 is 1.14 bits per heavy atom. The van der Waals surface area contributed by atoms with E-state index in [0.717, 1.165) is 11.1 Å². The van der Waals surface area contributed by atoms with Crippen molar-refractivity contribution in [3.8, 4) is 5.75 Å². The molecule has 1 aromatic heterocycles. The molecule has 0 aliphatic rings. The van der Waals surface area contributed by atoms with Gasteiger partial charge in [-0.25, -0.2) is 0 Å². The topological polar surface area (TPSA) is 56.5 Å². The number of rotatable bonds is 4. The predicted molar refractivity (Wildman–Crippen MR) is 83.4 cm³/mol. The molecular formula is C18H14O4. The Kier molecular flexibility index (Phi) is 3.74. The van der Waals surface area contributed by atoms with E-state index in [9.17, 15) is 9.59 Å². The van der Waals surface area contributed by atoms with Crippen molar-refractivity contribution >= 4 is 17.3 Å². The zero-order valence-electron chi connectivity index (χ0n) is 12.0. The molecule has 0 radical (unpaired) electrons. The van der Waals surface area contributed by atoms with Gasteiger partial charge >= 0.3 is 0 Å². The first-order valence-electron chi connectivity index (χ1n) is 6.87. The van der Waals surface area contributed by atoms with Crippen molar-refractivity contribution in [2.75, 3.05) is 0 Å². The zero-order valence-corrected chi connectivity index (χ0v) is 12.0. The van der Waals surface area contributed by atoms with E-state index in [2.05, 4.69) is 0 Å². The Morgan fingerprint density at radius 3 is 2.64 bits per heavy atom. The van der Waals surface area contributed by atoms with Gasteiger partial charge in [-0.3, -0.25) is 9.59 Å². The molecule has 0 atom stereocenters. The summed E-state index contributed by atoms with van der Waals surface area (Å²) in [7, 11) is 0. The molecule has 22 heavy (non-hydrogen) atoms. The smallest absolute Gasteiger partial charge is 0.203 e. The van der Waals surface area contributed by atoms with Crippen LogP contribution in [0.4, 0.5) is 0 Å². The molecule has 0 spiro atoms. The fraction of sp³-hybridized carbons (Fsp3) is 0.111. The third-order valence-corrected chi connectivity index (χ3v) is 3.53. The first-order valence-corrected chi connectivity index (χ1v) is 6.87. The van der Waals surface area contributed by atoms with E-state index in [1.807, 2.05) is 37.3 Å². The highest BCUT2D eigenvalue weighted by atomic mass is 16.5. The molecule has 3 aromatic rings. The van der Waals surface area contributed by atoms with Gasteiger partial charge in [0.1, 0.15) is 24.2 Å². The molecule has 0 aliphatic carbocycles. The second-order valence-electron chi connectivity index (χ2n) is 4.98. The lowest BCUT2D eigenvalue weighted by Crippen LogP contribution is -2.08. The molecule has 2 aromatic carbocycles. The molecule has 0 fully saturated rings. The van der Waals surface area contributed by atoms with Crippen LogP contribution >= 0.6 is 0 Å². The Bertz CT molecular complexity index is 879. The summed E-state index contributed by atoms with van der Waals surface area (Å²) in [6, 6.07) is 13.2. The summed E-state index contributed by atoms with van der Waals surface area (Å²) >= 11 is 0. The molecule has 0 N–H and O–H groups in total. The molecule has 1 heterocycles. The second kappa shape index (κ2) is 5.85. The summed E-state index contributed by atoms with van der Waals surface area (Å²) in [5.74, 6) is 0.651. The third kappa shape index (κ3) is 2.51. The second-order valence-corrected chi connectivity index (χ2v) is 4.98. The lowest BCUT2D eigenvalue weighted by atomic mass is 10.1. The molecule has 0 bridgehead atoms. The Hall–Kier alpha value is -2.88. The molecule has 0 amide bonds. The minimum absolute atomic E-state index is 0.0184. The highest BCUT2D eigenvalue weighted by Crippen LogP contribution is 2.26. The maximum Gasteiger partial charge on any atom is 0.203 e. The molecule has 4 nitrogen and oxygen atoms in total. The number of fused-ring (bicyclic) bond motifs is 1. The van der Waals surface area contributed by atoms with Crippen LogP contribution in [0.25, 0.3) is 11.0 Å². The fourth-order valence-electron chi connectivity index (χ4n) is 2.31. The first-order chi connectivity index (χ1) is 10.7. The summed E-state index contributed by atoms with van der Waals surface area (Å²) in [6.45, 7) is 2.26. The average molecular weight is 294 g/mol. The van der Waals surface area contributed by atoms with Crippen LogP contribution < -0.4 is 10.2 Å². The summed E-state index contributed by atoms with van der Waals surface area (Å²) in [5.41, 5.74) is 1.93. The third-order valence-electron chi connectivity index (χ3n) is 3.53. The normalized spacial score (nSPS) is 10.6. The number of benzene rings is 2. The zero-order chi connectivity index (χ0) is 15.5. The van der Waals surface area contributed by atoms with Gasteiger partial charge in [0, 0.05) is 5.56 Å². The molecule has 3 rings (SSSR count). The van der Waals surface area contributed by atoms with Gasteiger partial charge in [-0.05, 0) is 24.6 Å². The summed E-state index contributed by atoms with van der Waals surface area (Å²) in [5, 5.41) is 0.383. The van der Waals surface area contributed by atoms with Crippen molar-refractivity contribution in [1.82, 2.24) is 0 Å². The van der Waals surface area contributed by atoms with Crippen molar-refractivity contribution in [1.29, 1.82) is 0 Å². The highest BCUT2D eigenvalue weighted by molar-refractivity contribution is 5.86.